The molecule has 0 fully saturated rings. The molecule has 1 atom stereocenters. The highest BCUT2D eigenvalue weighted by Crippen LogP contribution is 2.21. The lowest BCUT2D eigenvalue weighted by molar-refractivity contribution is 0.0918. The van der Waals surface area contributed by atoms with Gasteiger partial charge < -0.3 is 10.1 Å². The van der Waals surface area contributed by atoms with Crippen LogP contribution in [0, 0.1) is 0 Å². The van der Waals surface area contributed by atoms with Crippen molar-refractivity contribution in [3.8, 4) is 0 Å². The highest BCUT2D eigenvalue weighted by atomic mass is 16.5. The van der Waals surface area contributed by atoms with Gasteiger partial charge >= 0.3 is 6.09 Å². The van der Waals surface area contributed by atoms with Crippen LogP contribution in [0.5, 0.6) is 0 Å². The number of carbonyl (C=O) groups is 2. The summed E-state index contributed by atoms with van der Waals surface area (Å²) >= 11 is 0. The van der Waals surface area contributed by atoms with E-state index in [9.17, 15) is 9.59 Å². The molecule has 0 saturated carbocycles. The van der Waals surface area contributed by atoms with Crippen LogP contribution in [0.1, 0.15) is 21.5 Å². The fourth-order valence-electron chi connectivity index (χ4n) is 3.59. The van der Waals surface area contributed by atoms with Crippen LogP contribution in [-0.4, -0.2) is 17.9 Å². The van der Waals surface area contributed by atoms with E-state index >= 15 is 0 Å². The third kappa shape index (κ3) is 5.17. The third-order valence-electron chi connectivity index (χ3n) is 5.16. The summed E-state index contributed by atoms with van der Waals surface area (Å²) in [6, 6.07) is 31.8. The summed E-state index contributed by atoms with van der Waals surface area (Å²) in [6.45, 7) is 0.146. The first kappa shape index (κ1) is 20.4. The number of fused-ring (bicyclic) bond motifs is 1. The van der Waals surface area contributed by atoms with E-state index in [4.69, 9.17) is 4.74 Å². The number of hydrogen-bond donors (Lipinski definition) is 1. The fourth-order valence-corrected chi connectivity index (χ4v) is 3.59. The number of amides is 1. The van der Waals surface area contributed by atoms with Gasteiger partial charge in [0.15, 0.2) is 5.78 Å². The van der Waals surface area contributed by atoms with E-state index in [1.54, 1.807) is 6.07 Å². The van der Waals surface area contributed by atoms with Crippen LogP contribution in [0.4, 0.5) is 4.79 Å². The molecule has 4 heteroatoms. The Labute approximate surface area is 181 Å². The van der Waals surface area contributed by atoms with E-state index in [2.05, 4.69) is 5.32 Å². The molecule has 0 aromatic heterocycles. The van der Waals surface area contributed by atoms with Gasteiger partial charge in [0.25, 0.3) is 0 Å². The summed E-state index contributed by atoms with van der Waals surface area (Å²) in [5.41, 5.74) is 2.43. The number of alkyl carbamates (subject to hydrolysis) is 1. The quantitative estimate of drug-likeness (QED) is 0.407. The van der Waals surface area contributed by atoms with Crippen molar-refractivity contribution < 1.29 is 14.3 Å². The lowest BCUT2D eigenvalue weighted by Crippen LogP contribution is -2.42. The number of benzene rings is 4. The molecule has 4 rings (SSSR count). The number of rotatable bonds is 7. The molecule has 1 amide bonds. The number of ketones is 1. The Morgan fingerprint density at radius 3 is 2.06 bits per heavy atom. The van der Waals surface area contributed by atoms with Crippen molar-refractivity contribution >= 4 is 22.6 Å². The van der Waals surface area contributed by atoms with Gasteiger partial charge in [0.2, 0.25) is 0 Å². The monoisotopic (exact) mass is 409 g/mol. The Morgan fingerprint density at radius 2 is 1.32 bits per heavy atom. The first-order valence-corrected chi connectivity index (χ1v) is 10.2. The SMILES string of the molecule is O=C(N[C@@H](Cc1ccccc1)C(=O)c1cccc2ccccc12)OCc1ccccc1. The second kappa shape index (κ2) is 9.72. The molecule has 0 unspecified atom stereocenters. The maximum Gasteiger partial charge on any atom is 0.408 e. The number of ether oxygens (including phenoxy) is 1. The highest BCUT2D eigenvalue weighted by Gasteiger charge is 2.24. The topological polar surface area (TPSA) is 55.4 Å². The van der Waals surface area contributed by atoms with Crippen molar-refractivity contribution in [3.63, 3.8) is 0 Å². The van der Waals surface area contributed by atoms with Crippen LogP contribution in [0.15, 0.2) is 103 Å². The zero-order valence-corrected chi connectivity index (χ0v) is 17.0. The summed E-state index contributed by atoms with van der Waals surface area (Å²) in [6.07, 6.45) is -0.234. The summed E-state index contributed by atoms with van der Waals surface area (Å²) in [7, 11) is 0. The number of nitrogens with one attached hydrogen (secondary N) is 1. The van der Waals surface area contributed by atoms with Crippen LogP contribution >= 0.6 is 0 Å². The molecule has 0 saturated heterocycles. The van der Waals surface area contributed by atoms with Gasteiger partial charge in [-0.05, 0) is 21.9 Å². The van der Waals surface area contributed by atoms with Crippen LogP contribution in [0.25, 0.3) is 10.8 Å². The zero-order chi connectivity index (χ0) is 21.5. The standard InChI is InChI=1S/C27H23NO3/c29-26(24-17-9-15-22-14-7-8-16-23(22)24)25(18-20-10-3-1-4-11-20)28-27(30)31-19-21-12-5-2-6-13-21/h1-17,25H,18-19H2,(H,28,30)/t25-/m0/s1. The van der Waals surface area contributed by atoms with E-state index in [1.807, 2.05) is 97.1 Å². The van der Waals surface area contributed by atoms with Gasteiger partial charge in [0.05, 0.1) is 6.04 Å². The van der Waals surface area contributed by atoms with Gasteiger partial charge in [0, 0.05) is 12.0 Å². The van der Waals surface area contributed by atoms with Gasteiger partial charge in [-0.25, -0.2) is 4.79 Å². The molecule has 1 N–H and O–H groups in total. The Kier molecular flexibility index (Phi) is 6.38. The van der Waals surface area contributed by atoms with E-state index in [0.717, 1.165) is 21.9 Å². The average Bonchev–Trinajstić information content (AvgIpc) is 2.83. The Morgan fingerprint density at radius 1 is 0.710 bits per heavy atom. The number of hydrogen-bond acceptors (Lipinski definition) is 3. The predicted molar refractivity (Wildman–Crippen MR) is 122 cm³/mol. The van der Waals surface area contributed by atoms with Crippen LogP contribution < -0.4 is 5.32 Å². The third-order valence-corrected chi connectivity index (χ3v) is 5.16. The molecular weight excluding hydrogens is 386 g/mol. The van der Waals surface area contributed by atoms with E-state index < -0.39 is 12.1 Å². The normalized spacial score (nSPS) is 11.6. The zero-order valence-electron chi connectivity index (χ0n) is 17.0. The summed E-state index contributed by atoms with van der Waals surface area (Å²) in [5.74, 6) is -0.141. The van der Waals surface area contributed by atoms with E-state index in [0.29, 0.717) is 12.0 Å². The van der Waals surface area contributed by atoms with Gasteiger partial charge in [-0.3, -0.25) is 4.79 Å². The second-order valence-electron chi connectivity index (χ2n) is 7.34. The molecule has 154 valence electrons. The summed E-state index contributed by atoms with van der Waals surface area (Å²) in [4.78, 5) is 26.0. The Bertz CT molecular complexity index is 1170. The minimum Gasteiger partial charge on any atom is -0.445 e. The highest BCUT2D eigenvalue weighted by molar-refractivity contribution is 6.11. The van der Waals surface area contributed by atoms with Crippen LogP contribution in [0.2, 0.25) is 0 Å². The fraction of sp³-hybridized carbons (Fsp3) is 0.111. The molecule has 0 aliphatic heterocycles. The van der Waals surface area contributed by atoms with Gasteiger partial charge in [-0.1, -0.05) is 103 Å². The molecule has 0 spiro atoms. The molecule has 31 heavy (non-hydrogen) atoms. The number of Topliss-reactive ketones (excluding diaryl/α,β-unsaturated/α-hetero) is 1. The molecule has 0 aliphatic rings. The Hall–Kier alpha value is -3.92. The largest absolute Gasteiger partial charge is 0.445 e. The minimum atomic E-state index is -0.739. The molecule has 0 bridgehead atoms. The molecule has 0 aliphatic carbocycles. The number of carbonyl (C=O) groups excluding carboxylic acids is 2. The van der Waals surface area contributed by atoms with Crippen molar-refractivity contribution in [2.45, 2.75) is 19.1 Å². The van der Waals surface area contributed by atoms with Crippen molar-refractivity contribution in [3.05, 3.63) is 120 Å². The van der Waals surface area contributed by atoms with Crippen molar-refractivity contribution in [2.75, 3.05) is 0 Å². The maximum absolute atomic E-state index is 13.5. The molecule has 0 radical (unpaired) electrons. The van der Waals surface area contributed by atoms with Crippen molar-refractivity contribution in [2.24, 2.45) is 0 Å². The van der Waals surface area contributed by atoms with Gasteiger partial charge in [0.1, 0.15) is 6.61 Å². The molecule has 0 heterocycles. The van der Waals surface area contributed by atoms with Gasteiger partial charge in [-0.2, -0.15) is 0 Å². The smallest absolute Gasteiger partial charge is 0.408 e. The van der Waals surface area contributed by atoms with Gasteiger partial charge in [-0.15, -0.1) is 0 Å². The second-order valence-corrected chi connectivity index (χ2v) is 7.34. The van der Waals surface area contributed by atoms with Crippen molar-refractivity contribution in [1.29, 1.82) is 0 Å². The average molecular weight is 409 g/mol. The maximum atomic E-state index is 13.5. The van der Waals surface area contributed by atoms with E-state index in [-0.39, 0.29) is 12.4 Å². The lowest BCUT2D eigenvalue weighted by Gasteiger charge is -2.19. The minimum absolute atomic E-state index is 0.141. The predicted octanol–water partition coefficient (Wildman–Crippen LogP) is 5.56. The van der Waals surface area contributed by atoms with Crippen molar-refractivity contribution in [1.82, 2.24) is 5.32 Å². The lowest BCUT2D eigenvalue weighted by atomic mass is 9.94. The molecule has 4 aromatic rings. The summed E-state index contributed by atoms with van der Waals surface area (Å²) < 4.78 is 5.37. The Balaban J connectivity index is 1.56. The van der Waals surface area contributed by atoms with E-state index in [1.165, 1.54) is 0 Å². The van der Waals surface area contributed by atoms with Crippen LogP contribution in [-0.2, 0) is 17.8 Å². The molecule has 4 aromatic carbocycles. The van der Waals surface area contributed by atoms with Crippen LogP contribution in [0.3, 0.4) is 0 Å². The first-order valence-electron chi connectivity index (χ1n) is 10.2. The molecular formula is C27H23NO3. The first-order chi connectivity index (χ1) is 15.2. The summed E-state index contributed by atoms with van der Waals surface area (Å²) in [5, 5.41) is 4.64. The molecule has 4 nitrogen and oxygen atoms in total.